The van der Waals surface area contributed by atoms with Gasteiger partial charge in [0.2, 0.25) is 0 Å². The molecule has 0 spiro atoms. The van der Waals surface area contributed by atoms with Gasteiger partial charge in [-0.3, -0.25) is 9.89 Å². The number of nitrogens with zero attached hydrogens (tertiary/aromatic N) is 1. The molecule has 0 atom stereocenters. The number of hydrogen-bond donors (Lipinski definition) is 1. The maximum Gasteiger partial charge on any atom is 0.279 e. The number of aromatic amines is 1. The number of benzene rings is 2. The fraction of sp³-hybridized carbons (Fsp3) is 0. The summed E-state index contributed by atoms with van der Waals surface area (Å²) >= 11 is 0. The van der Waals surface area contributed by atoms with Crippen molar-refractivity contribution in [2.75, 3.05) is 0 Å². The Morgan fingerprint density at radius 2 is 1.44 bits per heavy atom. The Balaban J connectivity index is 2.12. The van der Waals surface area contributed by atoms with Crippen molar-refractivity contribution in [1.82, 2.24) is 9.78 Å². The lowest BCUT2D eigenvalue weighted by molar-refractivity contribution is 0.850. The number of para-hydroxylation sites is 1. The van der Waals surface area contributed by atoms with Gasteiger partial charge in [0.25, 0.3) is 5.56 Å². The summed E-state index contributed by atoms with van der Waals surface area (Å²) in [4.78, 5) is 12.3. The quantitative estimate of drug-likeness (QED) is 0.730. The highest BCUT2D eigenvalue weighted by molar-refractivity contribution is 5.61. The minimum absolute atomic E-state index is 0.0348. The van der Waals surface area contributed by atoms with Gasteiger partial charge in [0.15, 0.2) is 0 Å². The lowest BCUT2D eigenvalue weighted by atomic mass is 10.1. The third-order valence-corrected chi connectivity index (χ3v) is 2.87. The van der Waals surface area contributed by atoms with Gasteiger partial charge in [-0.25, -0.2) is 4.68 Å². The molecule has 0 saturated carbocycles. The molecule has 0 bridgehead atoms. The highest BCUT2D eigenvalue weighted by Gasteiger charge is 2.08. The molecule has 0 aliphatic rings. The van der Waals surface area contributed by atoms with Crippen LogP contribution in [0.4, 0.5) is 0 Å². The molecule has 3 heteroatoms. The second-order valence-electron chi connectivity index (χ2n) is 4.03. The van der Waals surface area contributed by atoms with Gasteiger partial charge in [-0.15, -0.1) is 0 Å². The highest BCUT2D eigenvalue weighted by Crippen LogP contribution is 2.14. The molecule has 3 nitrogen and oxygen atoms in total. The minimum Gasteiger partial charge on any atom is -0.298 e. The molecule has 1 N–H and O–H groups in total. The number of aromatic nitrogens is 2. The zero-order chi connectivity index (χ0) is 12.4. The molecular formula is C15H12N2O. The van der Waals surface area contributed by atoms with Crippen LogP contribution in [0.1, 0.15) is 0 Å². The van der Waals surface area contributed by atoms with Gasteiger partial charge in [0, 0.05) is 6.20 Å². The summed E-state index contributed by atoms with van der Waals surface area (Å²) in [6, 6.07) is 19.2. The van der Waals surface area contributed by atoms with E-state index in [0.717, 1.165) is 11.3 Å². The Morgan fingerprint density at radius 1 is 0.833 bits per heavy atom. The summed E-state index contributed by atoms with van der Waals surface area (Å²) in [5.41, 5.74) is 2.41. The van der Waals surface area contributed by atoms with Crippen LogP contribution in [-0.4, -0.2) is 9.78 Å². The van der Waals surface area contributed by atoms with E-state index in [9.17, 15) is 4.79 Å². The van der Waals surface area contributed by atoms with Gasteiger partial charge < -0.3 is 0 Å². The molecule has 1 aromatic heterocycles. The van der Waals surface area contributed by atoms with Gasteiger partial charge in [-0.1, -0.05) is 48.5 Å². The molecule has 3 rings (SSSR count). The van der Waals surface area contributed by atoms with E-state index in [1.165, 1.54) is 0 Å². The van der Waals surface area contributed by atoms with E-state index in [1.54, 1.807) is 10.9 Å². The van der Waals surface area contributed by atoms with Crippen molar-refractivity contribution in [2.24, 2.45) is 0 Å². The van der Waals surface area contributed by atoms with Crippen LogP contribution >= 0.6 is 0 Å². The fourth-order valence-corrected chi connectivity index (χ4v) is 1.96. The molecule has 0 radical (unpaired) electrons. The van der Waals surface area contributed by atoms with Gasteiger partial charge in [-0.2, -0.15) is 0 Å². The molecule has 3 aromatic rings. The maximum atomic E-state index is 12.3. The van der Waals surface area contributed by atoms with Crippen LogP contribution in [-0.2, 0) is 0 Å². The molecule has 0 fully saturated rings. The second kappa shape index (κ2) is 4.37. The van der Waals surface area contributed by atoms with E-state index < -0.39 is 0 Å². The van der Waals surface area contributed by atoms with Gasteiger partial charge in [0.05, 0.1) is 11.3 Å². The first-order chi connectivity index (χ1) is 8.86. The van der Waals surface area contributed by atoms with E-state index in [-0.39, 0.29) is 5.56 Å². The second-order valence-corrected chi connectivity index (χ2v) is 4.03. The van der Waals surface area contributed by atoms with Crippen LogP contribution in [0.3, 0.4) is 0 Å². The van der Waals surface area contributed by atoms with Gasteiger partial charge >= 0.3 is 0 Å². The van der Waals surface area contributed by atoms with E-state index >= 15 is 0 Å². The third-order valence-electron chi connectivity index (χ3n) is 2.87. The molecular weight excluding hydrogens is 224 g/mol. The van der Waals surface area contributed by atoms with Crippen molar-refractivity contribution in [1.29, 1.82) is 0 Å². The van der Waals surface area contributed by atoms with E-state index in [1.807, 2.05) is 60.7 Å². The molecule has 0 aliphatic heterocycles. The van der Waals surface area contributed by atoms with Crippen LogP contribution in [0.5, 0.6) is 0 Å². The summed E-state index contributed by atoms with van der Waals surface area (Å²) in [6.45, 7) is 0. The zero-order valence-electron chi connectivity index (χ0n) is 9.71. The van der Waals surface area contributed by atoms with Crippen LogP contribution in [0, 0.1) is 0 Å². The average molecular weight is 236 g/mol. The smallest absolute Gasteiger partial charge is 0.279 e. The Bertz CT molecular complexity index is 636. The summed E-state index contributed by atoms with van der Waals surface area (Å²) in [5.74, 6) is 0. The molecule has 0 saturated heterocycles. The first-order valence-electron chi connectivity index (χ1n) is 5.77. The average Bonchev–Trinajstić information content (AvgIpc) is 2.83. The summed E-state index contributed by atoms with van der Waals surface area (Å²) in [6.07, 6.45) is 1.74. The van der Waals surface area contributed by atoms with Gasteiger partial charge in [0.1, 0.15) is 0 Å². The van der Waals surface area contributed by atoms with Crippen LogP contribution in [0.15, 0.2) is 71.7 Å². The topological polar surface area (TPSA) is 37.8 Å². The van der Waals surface area contributed by atoms with Crippen molar-refractivity contribution in [2.45, 2.75) is 0 Å². The molecule has 18 heavy (non-hydrogen) atoms. The fourth-order valence-electron chi connectivity index (χ4n) is 1.96. The van der Waals surface area contributed by atoms with Crippen molar-refractivity contribution < 1.29 is 0 Å². The van der Waals surface area contributed by atoms with Crippen LogP contribution in [0.2, 0.25) is 0 Å². The zero-order valence-corrected chi connectivity index (χ0v) is 9.71. The lowest BCUT2D eigenvalue weighted by Crippen LogP contribution is -2.15. The lowest BCUT2D eigenvalue weighted by Gasteiger charge is -1.99. The molecule has 0 unspecified atom stereocenters. The van der Waals surface area contributed by atoms with Gasteiger partial charge in [-0.05, 0) is 17.7 Å². The van der Waals surface area contributed by atoms with Crippen molar-refractivity contribution in [3.05, 3.63) is 77.2 Å². The largest absolute Gasteiger partial charge is 0.298 e. The third kappa shape index (κ3) is 1.76. The predicted octanol–water partition coefficient (Wildman–Crippen LogP) is 2.83. The SMILES string of the molecule is O=c1c(-c2ccccc2)c[nH]n1-c1ccccc1. The summed E-state index contributed by atoms with van der Waals surface area (Å²) in [5, 5.41) is 2.99. The number of rotatable bonds is 2. The Kier molecular flexibility index (Phi) is 2.57. The normalized spacial score (nSPS) is 10.4. The van der Waals surface area contributed by atoms with Crippen molar-refractivity contribution in [3.63, 3.8) is 0 Å². The minimum atomic E-state index is -0.0348. The molecule has 2 aromatic carbocycles. The van der Waals surface area contributed by atoms with Crippen molar-refractivity contribution >= 4 is 0 Å². The number of H-pyrrole nitrogens is 1. The first-order valence-corrected chi connectivity index (χ1v) is 5.77. The molecule has 1 heterocycles. The summed E-state index contributed by atoms with van der Waals surface area (Å²) in [7, 11) is 0. The van der Waals surface area contributed by atoms with Crippen LogP contribution in [0.25, 0.3) is 16.8 Å². The monoisotopic (exact) mass is 236 g/mol. The summed E-state index contributed by atoms with van der Waals surface area (Å²) < 4.78 is 1.54. The Hall–Kier alpha value is -2.55. The first kappa shape index (κ1) is 10.6. The standard InChI is InChI=1S/C15H12N2O/c18-15-14(12-7-3-1-4-8-12)11-16-17(15)13-9-5-2-6-10-13/h1-11,16H. The molecule has 88 valence electrons. The van der Waals surface area contributed by atoms with E-state index in [4.69, 9.17) is 0 Å². The maximum absolute atomic E-state index is 12.3. The Morgan fingerprint density at radius 3 is 2.11 bits per heavy atom. The Labute approximate surface area is 104 Å². The molecule has 0 amide bonds. The van der Waals surface area contributed by atoms with Crippen molar-refractivity contribution in [3.8, 4) is 16.8 Å². The van der Waals surface area contributed by atoms with E-state index in [0.29, 0.717) is 5.56 Å². The number of hydrogen-bond acceptors (Lipinski definition) is 1. The van der Waals surface area contributed by atoms with Crippen LogP contribution < -0.4 is 5.56 Å². The molecule has 0 aliphatic carbocycles. The highest BCUT2D eigenvalue weighted by atomic mass is 16.1. The number of nitrogens with one attached hydrogen (secondary N) is 1. The predicted molar refractivity (Wildman–Crippen MR) is 71.8 cm³/mol. The van der Waals surface area contributed by atoms with E-state index in [2.05, 4.69) is 5.10 Å².